The zero-order chi connectivity index (χ0) is 15.5. The number of nitrogens with zero attached hydrogens (tertiary/aromatic N) is 1. The van der Waals surface area contributed by atoms with E-state index in [2.05, 4.69) is 24.3 Å². The average molecular weight is 295 g/mol. The van der Waals surface area contributed by atoms with Crippen molar-refractivity contribution in [3.63, 3.8) is 0 Å². The third kappa shape index (κ3) is 3.42. The van der Waals surface area contributed by atoms with Crippen molar-refractivity contribution in [2.75, 3.05) is 6.61 Å². The van der Waals surface area contributed by atoms with Crippen LogP contribution in [0.1, 0.15) is 58.1 Å². The minimum atomic E-state index is -0.457. The van der Waals surface area contributed by atoms with Crippen molar-refractivity contribution >= 4 is 0 Å². The van der Waals surface area contributed by atoms with Gasteiger partial charge in [-0.1, -0.05) is 13.8 Å². The van der Waals surface area contributed by atoms with Crippen LogP contribution < -0.4 is 11.3 Å². The summed E-state index contributed by atoms with van der Waals surface area (Å²) in [6, 6.07) is 1.32. The molecule has 1 fully saturated rings. The lowest BCUT2D eigenvalue weighted by molar-refractivity contribution is -0.108. The molecule has 0 spiro atoms. The molecule has 0 radical (unpaired) electrons. The summed E-state index contributed by atoms with van der Waals surface area (Å²) in [7, 11) is 0. The van der Waals surface area contributed by atoms with Crippen LogP contribution in [0.25, 0.3) is 0 Å². The van der Waals surface area contributed by atoms with Gasteiger partial charge in [0.2, 0.25) is 0 Å². The van der Waals surface area contributed by atoms with Gasteiger partial charge < -0.3 is 4.74 Å². The van der Waals surface area contributed by atoms with Crippen LogP contribution in [0.4, 0.5) is 4.39 Å². The normalized spacial score (nSPS) is 22.0. The van der Waals surface area contributed by atoms with Crippen LogP contribution in [0, 0.1) is 11.2 Å². The SMILES string of the molecule is CCOC1(C(NN)c2ccncc2F)CCC(C)(C)CC1. The molecule has 1 heterocycles. The summed E-state index contributed by atoms with van der Waals surface area (Å²) >= 11 is 0. The molecule has 0 aromatic carbocycles. The number of rotatable bonds is 5. The van der Waals surface area contributed by atoms with E-state index in [1.807, 2.05) is 6.92 Å². The first-order chi connectivity index (χ1) is 9.94. The monoisotopic (exact) mass is 295 g/mol. The maximum atomic E-state index is 14.1. The number of ether oxygens (including phenoxy) is 1. The van der Waals surface area contributed by atoms with Crippen LogP contribution in [-0.2, 0) is 4.74 Å². The van der Waals surface area contributed by atoms with E-state index in [0.717, 1.165) is 25.7 Å². The Hall–Kier alpha value is -1.04. The Balaban J connectivity index is 2.34. The average Bonchev–Trinajstić information content (AvgIpc) is 2.45. The second kappa shape index (κ2) is 6.38. The summed E-state index contributed by atoms with van der Waals surface area (Å²) in [6.45, 7) is 7.09. The van der Waals surface area contributed by atoms with Gasteiger partial charge in [0, 0.05) is 18.4 Å². The fraction of sp³-hybridized carbons (Fsp3) is 0.688. The van der Waals surface area contributed by atoms with Gasteiger partial charge in [-0.15, -0.1) is 0 Å². The number of halogens is 1. The van der Waals surface area contributed by atoms with Crippen LogP contribution in [0.15, 0.2) is 18.5 Å². The smallest absolute Gasteiger partial charge is 0.146 e. The van der Waals surface area contributed by atoms with Crippen LogP contribution in [0.3, 0.4) is 0 Å². The number of nitrogens with two attached hydrogens (primary N) is 1. The van der Waals surface area contributed by atoms with Crippen LogP contribution in [0.5, 0.6) is 0 Å². The van der Waals surface area contributed by atoms with E-state index in [1.165, 1.54) is 6.20 Å². The summed E-state index contributed by atoms with van der Waals surface area (Å²) in [5.74, 6) is 5.43. The maximum absolute atomic E-state index is 14.1. The van der Waals surface area contributed by atoms with Gasteiger partial charge in [0.05, 0.1) is 17.8 Å². The molecule has 1 atom stereocenters. The zero-order valence-electron chi connectivity index (χ0n) is 13.2. The van der Waals surface area contributed by atoms with Crippen LogP contribution in [-0.4, -0.2) is 17.2 Å². The van der Waals surface area contributed by atoms with Crippen molar-refractivity contribution < 1.29 is 9.13 Å². The lowest BCUT2D eigenvalue weighted by Gasteiger charge is -2.47. The largest absolute Gasteiger partial charge is 0.373 e. The van der Waals surface area contributed by atoms with Gasteiger partial charge in [-0.05, 0) is 44.1 Å². The lowest BCUT2D eigenvalue weighted by atomic mass is 9.67. The van der Waals surface area contributed by atoms with E-state index in [0.29, 0.717) is 17.6 Å². The highest BCUT2D eigenvalue weighted by molar-refractivity contribution is 5.22. The second-order valence-electron chi connectivity index (χ2n) is 6.66. The molecule has 1 saturated carbocycles. The van der Waals surface area contributed by atoms with Crippen molar-refractivity contribution in [3.05, 3.63) is 29.8 Å². The molecule has 4 nitrogen and oxygen atoms in total. The fourth-order valence-corrected chi connectivity index (χ4v) is 3.30. The van der Waals surface area contributed by atoms with E-state index in [9.17, 15) is 4.39 Å². The molecule has 5 heteroatoms. The molecule has 118 valence electrons. The molecule has 0 amide bonds. The van der Waals surface area contributed by atoms with Gasteiger partial charge in [0.1, 0.15) is 5.82 Å². The Labute approximate surface area is 126 Å². The molecular formula is C16H26FN3O. The highest BCUT2D eigenvalue weighted by Gasteiger charge is 2.45. The van der Waals surface area contributed by atoms with Crippen molar-refractivity contribution in [2.24, 2.45) is 11.3 Å². The fourth-order valence-electron chi connectivity index (χ4n) is 3.30. The van der Waals surface area contributed by atoms with Gasteiger partial charge in [-0.2, -0.15) is 0 Å². The van der Waals surface area contributed by atoms with E-state index in [1.54, 1.807) is 12.3 Å². The van der Waals surface area contributed by atoms with E-state index < -0.39 is 5.60 Å². The molecule has 0 bridgehead atoms. The quantitative estimate of drug-likeness (QED) is 0.647. The molecular weight excluding hydrogens is 269 g/mol. The number of hydrogen-bond donors (Lipinski definition) is 2. The minimum absolute atomic E-state index is 0.302. The molecule has 2 rings (SSSR count). The zero-order valence-corrected chi connectivity index (χ0v) is 13.2. The topological polar surface area (TPSA) is 60.2 Å². The molecule has 1 aliphatic carbocycles. The van der Waals surface area contributed by atoms with E-state index >= 15 is 0 Å². The Morgan fingerprint density at radius 2 is 2.05 bits per heavy atom. The van der Waals surface area contributed by atoms with E-state index in [-0.39, 0.29) is 11.9 Å². The standard InChI is InChI=1S/C16H26FN3O/c1-4-21-16(8-6-15(2,3)7-9-16)14(20-18)12-5-10-19-11-13(12)17/h5,10-11,14,20H,4,6-9,18H2,1-3H3. The molecule has 1 aromatic heterocycles. The van der Waals surface area contributed by atoms with Crippen LogP contribution in [0.2, 0.25) is 0 Å². The Bertz CT molecular complexity index is 468. The summed E-state index contributed by atoms with van der Waals surface area (Å²) in [4.78, 5) is 3.81. The molecule has 1 aliphatic rings. The first kappa shape index (κ1) is 16.3. The Morgan fingerprint density at radius 1 is 1.38 bits per heavy atom. The second-order valence-corrected chi connectivity index (χ2v) is 6.66. The van der Waals surface area contributed by atoms with Crippen LogP contribution >= 0.6 is 0 Å². The van der Waals surface area contributed by atoms with Gasteiger partial charge in [-0.3, -0.25) is 10.8 Å². The van der Waals surface area contributed by atoms with Crippen molar-refractivity contribution in [1.82, 2.24) is 10.4 Å². The summed E-state index contributed by atoms with van der Waals surface area (Å²) in [6.07, 6.45) is 6.63. The highest BCUT2D eigenvalue weighted by Crippen LogP contribution is 2.47. The molecule has 0 aliphatic heterocycles. The Kier molecular flexibility index (Phi) is 4.96. The third-order valence-corrected chi connectivity index (χ3v) is 4.69. The number of nitrogens with one attached hydrogen (secondary N) is 1. The maximum Gasteiger partial charge on any atom is 0.146 e. The predicted molar refractivity (Wildman–Crippen MR) is 80.9 cm³/mol. The number of hydrazine groups is 1. The summed E-state index contributed by atoms with van der Waals surface area (Å²) in [5.41, 5.74) is 3.16. The number of aromatic nitrogens is 1. The Morgan fingerprint density at radius 3 is 2.57 bits per heavy atom. The summed E-state index contributed by atoms with van der Waals surface area (Å²) < 4.78 is 20.2. The third-order valence-electron chi connectivity index (χ3n) is 4.69. The number of pyridine rings is 1. The molecule has 1 unspecified atom stereocenters. The molecule has 1 aromatic rings. The molecule has 3 N–H and O–H groups in total. The summed E-state index contributed by atoms with van der Waals surface area (Å²) in [5, 5.41) is 0. The first-order valence-electron chi connectivity index (χ1n) is 7.63. The molecule has 21 heavy (non-hydrogen) atoms. The lowest BCUT2D eigenvalue weighted by Crippen LogP contribution is -2.51. The predicted octanol–water partition coefficient (Wildman–Crippen LogP) is 3.10. The van der Waals surface area contributed by atoms with Gasteiger partial charge >= 0.3 is 0 Å². The molecule has 0 saturated heterocycles. The number of hydrogen-bond acceptors (Lipinski definition) is 4. The van der Waals surface area contributed by atoms with Gasteiger partial charge in [-0.25, -0.2) is 9.82 Å². The minimum Gasteiger partial charge on any atom is -0.373 e. The van der Waals surface area contributed by atoms with Crippen molar-refractivity contribution in [1.29, 1.82) is 0 Å². The van der Waals surface area contributed by atoms with Gasteiger partial charge in [0.25, 0.3) is 0 Å². The van der Waals surface area contributed by atoms with Crippen molar-refractivity contribution in [2.45, 2.75) is 58.1 Å². The van der Waals surface area contributed by atoms with E-state index in [4.69, 9.17) is 10.6 Å². The first-order valence-corrected chi connectivity index (χ1v) is 7.63. The van der Waals surface area contributed by atoms with Gasteiger partial charge in [0.15, 0.2) is 0 Å². The van der Waals surface area contributed by atoms with Crippen molar-refractivity contribution in [3.8, 4) is 0 Å². The highest BCUT2D eigenvalue weighted by atomic mass is 19.1.